The van der Waals surface area contributed by atoms with Crippen LogP contribution in [-0.4, -0.2) is 215 Å². The van der Waals surface area contributed by atoms with E-state index in [4.69, 9.17) is 9.47 Å². The van der Waals surface area contributed by atoms with Crippen LogP contribution in [0.2, 0.25) is 0 Å². The molecule has 5 aromatic heterocycles. The molecule has 0 unspecified atom stereocenters. The molecule has 7 aromatic carbocycles. The number of pyridine rings is 2. The molecule has 1 amide bonds. The van der Waals surface area contributed by atoms with Crippen LogP contribution in [0.1, 0.15) is 112 Å². The van der Waals surface area contributed by atoms with Gasteiger partial charge in [0.25, 0.3) is 0 Å². The highest BCUT2D eigenvalue weighted by Gasteiger charge is 2.49. The second-order valence-electron chi connectivity index (χ2n) is 37.1. The second-order valence-corrected chi connectivity index (χ2v) is 44.4. The van der Waals surface area contributed by atoms with Crippen molar-refractivity contribution in [1.29, 1.82) is 0 Å². The van der Waals surface area contributed by atoms with E-state index in [-0.39, 0.29) is 45.5 Å². The quantitative estimate of drug-likeness (QED) is 0.0250. The fraction of sp³-hybridized carbons (Fsp3) is 0.361. The summed E-state index contributed by atoms with van der Waals surface area (Å²) in [5.74, 6) is -46.4. The lowest BCUT2D eigenvalue weighted by molar-refractivity contribution is -0.0388. The van der Waals surface area contributed by atoms with Crippen LogP contribution < -0.4 is 14.7 Å². The van der Waals surface area contributed by atoms with Gasteiger partial charge in [-0.25, -0.2) is 150 Å². The third-order valence-electron chi connectivity index (χ3n) is 25.3. The number of piperidine rings is 1. The summed E-state index contributed by atoms with van der Waals surface area (Å²) in [5, 5.41) is 12.7. The smallest absolute Gasteiger partial charge is 0.410 e. The van der Waals surface area contributed by atoms with Gasteiger partial charge >= 0.3 is 6.09 Å². The normalized spacial score (nSPS) is 16.2. The number of halogens is 20. The van der Waals surface area contributed by atoms with E-state index in [2.05, 4.69) is 57.0 Å². The fourth-order valence-corrected chi connectivity index (χ4v) is 23.9. The number of hydrogen-bond donors (Lipinski definition) is 0. The average Bonchev–Trinajstić information content (AvgIpc) is 1.70. The van der Waals surface area contributed by atoms with E-state index in [0.29, 0.717) is 109 Å². The van der Waals surface area contributed by atoms with E-state index >= 15 is 0 Å². The summed E-state index contributed by atoms with van der Waals surface area (Å²) in [6.07, 6.45) is 17.5. The molecule has 3 saturated carbocycles. The first-order chi connectivity index (χ1) is 70.6. The Bertz CT molecular complexity index is 7330. The number of carbonyl (C=O) groups excluding carboxylic acids is 1. The lowest BCUT2D eigenvalue weighted by Crippen LogP contribution is -2.51. The van der Waals surface area contributed by atoms with Gasteiger partial charge in [0, 0.05) is 157 Å². The number of rotatable bonds is 28. The maximum absolute atomic E-state index is 14.4. The number of nitrogens with zero attached hydrogens (tertiary/aromatic N) is 17. The Morgan fingerprint density at radius 1 is 0.336 bits per heavy atom. The molecule has 0 bridgehead atoms. The zero-order chi connectivity index (χ0) is 107. The number of amides is 1. The maximum atomic E-state index is 14.4. The molecule has 4 saturated heterocycles. The van der Waals surface area contributed by atoms with Crippen molar-refractivity contribution in [2.45, 2.75) is 168 Å². The van der Waals surface area contributed by atoms with Gasteiger partial charge in [-0.3, -0.25) is 4.90 Å². The van der Waals surface area contributed by atoms with Crippen LogP contribution in [0, 0.1) is 123 Å². The summed E-state index contributed by atoms with van der Waals surface area (Å²) in [6.45, 7) is 14.3. The van der Waals surface area contributed by atoms with Crippen LogP contribution in [0.3, 0.4) is 0 Å². The van der Waals surface area contributed by atoms with Crippen molar-refractivity contribution in [1.82, 2.24) is 66.3 Å². The summed E-state index contributed by atoms with van der Waals surface area (Å²) in [4.78, 5) is 24.5. The van der Waals surface area contributed by atoms with Gasteiger partial charge in [-0.1, -0.05) is 60.2 Å². The van der Waals surface area contributed by atoms with Gasteiger partial charge in [0.2, 0.25) is 63.4 Å². The fourth-order valence-electron chi connectivity index (χ4n) is 16.8. The van der Waals surface area contributed by atoms with E-state index in [1.165, 1.54) is 63.2 Å². The Labute approximate surface area is 841 Å². The lowest BCUT2D eigenvalue weighted by Gasteiger charge is -2.36. The number of aromatic nitrogens is 8. The maximum Gasteiger partial charge on any atom is 0.410 e. The first-order valence-electron chi connectivity index (χ1n) is 46.5. The van der Waals surface area contributed by atoms with Crippen molar-refractivity contribution in [2.24, 2.45) is 0 Å². The predicted molar refractivity (Wildman–Crippen MR) is 497 cm³/mol. The Kier molecular flexibility index (Phi) is 32.5. The van der Waals surface area contributed by atoms with Gasteiger partial charge in [-0.05, 0) is 145 Å². The number of benzene rings is 7. The number of aryl methyl sites for hydroxylation is 1. The molecule has 0 spiro atoms. The average molecular weight is 2180 g/mol. The highest BCUT2D eigenvalue weighted by atomic mass is 32.2. The molecule has 149 heavy (non-hydrogen) atoms. The zero-order valence-electron chi connectivity index (χ0n) is 79.4. The van der Waals surface area contributed by atoms with Gasteiger partial charge < -0.3 is 29.1 Å². The Morgan fingerprint density at radius 3 is 0.980 bits per heavy atom. The molecule has 3 aliphatic carbocycles. The minimum atomic E-state index is -5.09. The number of sulfonamides is 4. The summed E-state index contributed by atoms with van der Waals surface area (Å²) in [5.41, 5.74) is 6.65. The van der Waals surface area contributed by atoms with Gasteiger partial charge in [-0.15, -0.1) is 0 Å². The molecule has 0 atom stereocenters. The molecule has 7 aliphatic rings. The third-order valence-corrected chi connectivity index (χ3v) is 32.9. The topological polar surface area (TPSA) is 280 Å². The first kappa shape index (κ1) is 109. The van der Waals surface area contributed by atoms with Crippen LogP contribution in [-0.2, 0) is 82.3 Å². The van der Waals surface area contributed by atoms with Crippen LogP contribution in [0.15, 0.2) is 172 Å². The molecule has 19 rings (SSSR count). The first-order valence-corrected chi connectivity index (χ1v) is 52.3. The molecule has 796 valence electrons. The monoisotopic (exact) mass is 2180 g/mol. The highest BCUT2D eigenvalue weighted by Crippen LogP contribution is 2.43. The van der Waals surface area contributed by atoms with Gasteiger partial charge in [0.15, 0.2) is 124 Å². The van der Waals surface area contributed by atoms with E-state index in [9.17, 15) is 126 Å². The minimum absolute atomic E-state index is 0.0551. The molecular formula is C97H93F20N17O11S4. The van der Waals surface area contributed by atoms with Crippen LogP contribution in [0.25, 0.3) is 17.3 Å². The summed E-state index contributed by atoms with van der Waals surface area (Å²) < 4.78 is 400. The number of piperazine rings is 2. The molecule has 0 N–H and O–H groups in total. The lowest BCUT2D eigenvalue weighted by atomic mass is 10.1. The molecular weight excluding hydrogens is 2090 g/mol. The second kappa shape index (κ2) is 44.5. The molecule has 12 aromatic rings. The van der Waals surface area contributed by atoms with Gasteiger partial charge in [0.05, 0.1) is 67.3 Å². The van der Waals surface area contributed by atoms with E-state index < -0.39 is 206 Å². The Balaban J connectivity index is 0.000000144. The van der Waals surface area contributed by atoms with Gasteiger partial charge in [0.1, 0.15) is 5.60 Å². The molecule has 52 heteroatoms. The van der Waals surface area contributed by atoms with Gasteiger partial charge in [-0.2, -0.15) is 32.5 Å². The summed E-state index contributed by atoms with van der Waals surface area (Å²) in [7, 11) is -20.3. The number of carbonyl (C=O) groups is 1. The van der Waals surface area contributed by atoms with Crippen molar-refractivity contribution < 1.29 is 136 Å². The SMILES string of the molecule is CC(C)(C)OC(=O)N1CCN(c2ccc(-n3cc(CN(C4CC4)S(=O)(=O)c4c(F)c(F)c(F)c(F)c4F)cn3)cc2)CC1.Cc1ccc(CN(C2COC2)S(=O)(=O)c2c(F)c(F)c(F)c(F)c2F)cc1.O=S(=O)(c1c(F)c(F)c(F)c(F)c1F)N(Cc1cnn(-c2ccc(N3CCCCC3)cn2)c1)C1CC1.O=S(=O)(c1c(F)c(F)c(F)c(F)c1F)N(Cc1cnn(-c2ccc(N3CCN(Cc4ccccc4)CC3)cn2)c1)C1CC1. The third kappa shape index (κ3) is 23.7. The van der Waals surface area contributed by atoms with E-state index in [1.807, 2.05) is 70.2 Å². The van der Waals surface area contributed by atoms with Crippen molar-refractivity contribution >= 4 is 63.2 Å². The van der Waals surface area contributed by atoms with Crippen molar-refractivity contribution in [3.05, 3.63) is 302 Å². The minimum Gasteiger partial charge on any atom is -0.444 e. The predicted octanol–water partition coefficient (Wildman–Crippen LogP) is 17.2. The number of ether oxygens (including phenoxy) is 2. The van der Waals surface area contributed by atoms with Crippen LogP contribution in [0.4, 0.5) is 110 Å². The van der Waals surface area contributed by atoms with E-state index in [1.54, 1.807) is 65.8 Å². The standard InChI is InChI=1S/C29H27F5N6O2S.C28H30F5N5O4S.C23H22F5N5O2S.C17H14F5NO3S/c30-24-25(31)27(33)29(28(34)26(24)32)43(41,42)40(21-6-7-21)18-20-14-36-39(17-20)23-9-8-22(15-35-23)38-12-10-37(11-13-38)16-19-4-2-1-3-5-19;1-28(2,3)42-27(39)36-12-10-35(11-13-36)18-4-6-19(7-5-18)37-15-17(14-34-37)16-38(20-8-9-20)43(40,41)26-24(32)22(30)21(29)23(31)25(26)33;24-18-19(25)21(27)23(22(28)20(18)26)36(34,35)33(15-4-5-15)13-14-10-30-32(12-14)17-7-6-16(11-29-17)31-8-2-1-3-9-31;1-9-2-4-10(5-3-9)6-23(11-7-26-8-11)27(24,25)17-15(21)13(19)12(18)14(20)16(17)22/h1-5,8-9,14-15,17,21H,6-7,10-13,16,18H2;4-7,14-15,20H,8-13,16H2,1-3H3;6-7,10-12,15H,1-5,8-9,13H2;2-5,11H,6-8H2,1H3. The summed E-state index contributed by atoms with van der Waals surface area (Å²) >= 11 is 0. The largest absolute Gasteiger partial charge is 0.444 e. The summed E-state index contributed by atoms with van der Waals surface area (Å²) in [6, 6.07) is 28.9. The number of anilines is 3. The number of hydrogen-bond acceptors (Lipinski definition) is 20. The Hall–Kier alpha value is -12.7. The molecule has 28 nitrogen and oxygen atoms in total. The van der Waals surface area contributed by atoms with Crippen molar-refractivity contribution in [3.8, 4) is 17.3 Å². The molecule has 0 radical (unpaired) electrons. The van der Waals surface area contributed by atoms with Crippen molar-refractivity contribution in [2.75, 3.05) is 93.4 Å². The molecule has 9 heterocycles. The van der Waals surface area contributed by atoms with E-state index in [0.717, 1.165) is 94.2 Å². The van der Waals surface area contributed by atoms with Crippen LogP contribution in [0.5, 0.6) is 0 Å². The molecule has 4 aliphatic heterocycles. The van der Waals surface area contributed by atoms with Crippen molar-refractivity contribution in [3.63, 3.8) is 0 Å². The zero-order valence-corrected chi connectivity index (χ0v) is 82.7. The Morgan fingerprint density at radius 2 is 0.644 bits per heavy atom. The molecule has 7 fully saturated rings. The highest BCUT2D eigenvalue weighted by molar-refractivity contribution is 7.90. The van der Waals surface area contributed by atoms with Crippen LogP contribution >= 0.6 is 0 Å².